The van der Waals surface area contributed by atoms with Crippen LogP contribution < -0.4 is 4.74 Å². The van der Waals surface area contributed by atoms with Crippen molar-refractivity contribution in [3.8, 4) is 16.9 Å². The third-order valence-corrected chi connectivity index (χ3v) is 6.29. The number of nitrogens with zero attached hydrogens (tertiary/aromatic N) is 1. The molecule has 0 spiro atoms. The number of fused-ring (bicyclic) bond motifs is 1. The third-order valence-electron chi connectivity index (χ3n) is 6.29. The number of carboxylic acid groups (broad SMARTS) is 1. The van der Waals surface area contributed by atoms with Crippen molar-refractivity contribution >= 4 is 16.9 Å². The molecule has 0 bridgehead atoms. The molecule has 1 aromatic heterocycles. The molecule has 200 valence electrons. The Morgan fingerprint density at radius 3 is 2.26 bits per heavy atom. The smallest absolute Gasteiger partial charge is 0.335 e. The number of hydrogen-bond acceptors (Lipinski definition) is 3. The number of benzene rings is 3. The average molecular weight is 530 g/mol. The first-order valence-electron chi connectivity index (χ1n) is 11.8. The maximum atomic E-state index is 15.4. The molecule has 0 saturated heterocycles. The van der Waals surface area contributed by atoms with E-state index in [1.54, 1.807) is 13.8 Å². The van der Waals surface area contributed by atoms with Crippen molar-refractivity contribution in [2.75, 3.05) is 13.7 Å². The first-order chi connectivity index (χ1) is 18.0. The Kier molecular flexibility index (Phi) is 7.78. The van der Waals surface area contributed by atoms with Gasteiger partial charge in [0.25, 0.3) is 6.43 Å². The van der Waals surface area contributed by atoms with E-state index in [1.807, 2.05) is 30.3 Å². The molecule has 1 heterocycles. The molecular weight excluding hydrogens is 502 g/mol. The molecule has 4 rings (SSSR count). The molecule has 9 heteroatoms. The Bertz CT molecular complexity index is 1430. The normalized spacial score (nSPS) is 12.7. The van der Waals surface area contributed by atoms with Gasteiger partial charge in [0, 0.05) is 29.8 Å². The fourth-order valence-corrected chi connectivity index (χ4v) is 4.74. The zero-order valence-electron chi connectivity index (χ0n) is 21.1. The Labute approximate surface area is 217 Å². The monoisotopic (exact) mass is 529 g/mol. The second-order valence-corrected chi connectivity index (χ2v) is 9.57. The van der Waals surface area contributed by atoms with Crippen LogP contribution in [0.5, 0.6) is 5.75 Å². The highest BCUT2D eigenvalue weighted by atomic mass is 19.3. The zero-order valence-corrected chi connectivity index (χ0v) is 21.1. The number of carboxylic acids is 1. The molecule has 38 heavy (non-hydrogen) atoms. The van der Waals surface area contributed by atoms with Gasteiger partial charge in [-0.3, -0.25) is 0 Å². The van der Waals surface area contributed by atoms with Crippen molar-refractivity contribution in [1.29, 1.82) is 0 Å². The lowest BCUT2D eigenvalue weighted by Crippen LogP contribution is -2.30. The molecule has 0 aliphatic rings. The number of ether oxygens (including phenoxy) is 2. The van der Waals surface area contributed by atoms with Crippen LogP contribution in [-0.4, -0.2) is 35.8 Å². The van der Waals surface area contributed by atoms with Gasteiger partial charge in [-0.05, 0) is 29.3 Å². The largest absolute Gasteiger partial charge is 0.488 e. The highest BCUT2D eigenvalue weighted by Crippen LogP contribution is 2.47. The molecule has 0 aliphatic carbocycles. The van der Waals surface area contributed by atoms with E-state index >= 15 is 4.39 Å². The molecule has 0 amide bonds. The molecule has 0 fully saturated rings. The van der Waals surface area contributed by atoms with Crippen molar-refractivity contribution in [2.24, 2.45) is 0 Å². The van der Waals surface area contributed by atoms with Gasteiger partial charge in [-0.25, -0.2) is 22.4 Å². The summed E-state index contributed by atoms with van der Waals surface area (Å²) >= 11 is 0. The van der Waals surface area contributed by atoms with Gasteiger partial charge in [0.15, 0.2) is 0 Å². The van der Waals surface area contributed by atoms with E-state index in [9.17, 15) is 23.1 Å². The summed E-state index contributed by atoms with van der Waals surface area (Å²) in [7, 11) is 1.43. The van der Waals surface area contributed by atoms with Gasteiger partial charge in [0.1, 0.15) is 18.2 Å². The van der Waals surface area contributed by atoms with Crippen molar-refractivity contribution in [3.05, 3.63) is 89.4 Å². The summed E-state index contributed by atoms with van der Waals surface area (Å²) in [6.07, 6.45) is -6.19. The predicted molar refractivity (Wildman–Crippen MR) is 136 cm³/mol. The molecule has 3 aromatic carbocycles. The van der Waals surface area contributed by atoms with Crippen LogP contribution in [0.4, 0.5) is 17.6 Å². The van der Waals surface area contributed by atoms with E-state index in [4.69, 9.17) is 9.47 Å². The summed E-state index contributed by atoms with van der Waals surface area (Å²) in [6, 6.07) is 17.0. The highest BCUT2D eigenvalue weighted by molar-refractivity contribution is 6.03. The zero-order chi connectivity index (χ0) is 27.6. The predicted octanol–water partition coefficient (Wildman–Crippen LogP) is 7.38. The Balaban J connectivity index is 2.08. The number of aromatic nitrogens is 1. The summed E-state index contributed by atoms with van der Waals surface area (Å²) in [5.74, 6) is -1.89. The number of aromatic carboxylic acids is 1. The van der Waals surface area contributed by atoms with Crippen molar-refractivity contribution in [1.82, 2.24) is 4.57 Å². The third kappa shape index (κ3) is 5.24. The minimum Gasteiger partial charge on any atom is -0.488 e. The topological polar surface area (TPSA) is 60.7 Å². The summed E-state index contributed by atoms with van der Waals surface area (Å²) in [4.78, 5) is 11.4. The number of rotatable bonds is 10. The molecule has 1 atom stereocenters. The second kappa shape index (κ2) is 10.9. The van der Waals surface area contributed by atoms with Crippen LogP contribution in [0.3, 0.4) is 0 Å². The minimum atomic E-state index is -3.40. The van der Waals surface area contributed by atoms with E-state index in [0.717, 1.165) is 22.3 Å². The van der Waals surface area contributed by atoms with Crippen molar-refractivity contribution < 1.29 is 36.9 Å². The molecule has 1 N–H and O–H groups in total. The van der Waals surface area contributed by atoms with E-state index in [1.165, 1.54) is 31.4 Å². The molecule has 4 aromatic rings. The molecule has 5 nitrogen and oxygen atoms in total. The van der Waals surface area contributed by atoms with E-state index in [2.05, 4.69) is 0 Å². The Hall–Kier alpha value is -3.85. The van der Waals surface area contributed by atoms with E-state index in [-0.39, 0.29) is 41.1 Å². The average Bonchev–Trinajstić information content (AvgIpc) is 3.23. The molecule has 0 radical (unpaired) electrons. The van der Waals surface area contributed by atoms with Crippen molar-refractivity contribution in [2.45, 2.75) is 38.6 Å². The van der Waals surface area contributed by atoms with Gasteiger partial charge in [0.2, 0.25) is 6.30 Å². The van der Waals surface area contributed by atoms with Gasteiger partial charge >= 0.3 is 5.97 Å². The number of halogens is 4. The van der Waals surface area contributed by atoms with Gasteiger partial charge in [-0.1, -0.05) is 56.3 Å². The highest BCUT2D eigenvalue weighted by Gasteiger charge is 2.37. The lowest BCUT2D eigenvalue weighted by Gasteiger charge is -2.29. The maximum absolute atomic E-state index is 15.4. The van der Waals surface area contributed by atoms with Crippen LogP contribution >= 0.6 is 0 Å². The number of hydrogen-bond donors (Lipinski definition) is 1. The van der Waals surface area contributed by atoms with Crippen molar-refractivity contribution in [3.63, 3.8) is 0 Å². The summed E-state index contributed by atoms with van der Waals surface area (Å²) in [5, 5.41) is 9.58. The number of alkyl halides is 3. The lowest BCUT2D eigenvalue weighted by molar-refractivity contribution is 0.00646. The molecule has 1 unspecified atom stereocenters. The summed E-state index contributed by atoms with van der Waals surface area (Å²) < 4.78 is 70.2. The van der Waals surface area contributed by atoms with Gasteiger partial charge < -0.3 is 19.1 Å². The van der Waals surface area contributed by atoms with E-state index in [0.29, 0.717) is 11.1 Å². The molecule has 0 saturated carbocycles. The lowest BCUT2D eigenvalue weighted by atomic mass is 9.84. The van der Waals surface area contributed by atoms with Crippen LogP contribution in [0.1, 0.15) is 41.8 Å². The van der Waals surface area contributed by atoms with E-state index < -0.39 is 29.9 Å². The molecular formula is C29H27F4NO4. The number of carbonyl (C=O) groups is 1. The fourth-order valence-electron chi connectivity index (χ4n) is 4.74. The van der Waals surface area contributed by atoms with Gasteiger partial charge in [0.05, 0.1) is 23.1 Å². The Morgan fingerprint density at radius 2 is 1.68 bits per heavy atom. The SMILES string of the molecule is COCC(C)(C)c1c(-c2ccc(C(=O)O)cc2)c2c(OCc3ccccc3)cc(F)cc2n1C(F)C(F)F. The van der Waals surface area contributed by atoms with Gasteiger partial charge in [-0.2, -0.15) is 0 Å². The summed E-state index contributed by atoms with van der Waals surface area (Å²) in [6.45, 7) is 3.49. The van der Waals surface area contributed by atoms with Crippen LogP contribution in [0.15, 0.2) is 66.7 Å². The standard InChI is InChI=1S/C29H27F4NO4/c1-29(2,16-37-3)25-23(18-9-11-19(12-10-18)28(35)36)24-21(34(25)27(33)26(31)32)13-20(30)14-22(24)38-15-17-7-5-4-6-8-17/h4-14,26-27H,15-16H2,1-3H3,(H,35,36). The first kappa shape index (κ1) is 27.2. The first-order valence-corrected chi connectivity index (χ1v) is 11.8. The Morgan fingerprint density at radius 1 is 1.03 bits per heavy atom. The minimum absolute atomic E-state index is 0.0118. The molecule has 0 aliphatic heterocycles. The van der Waals surface area contributed by atoms with Crippen LogP contribution in [-0.2, 0) is 16.8 Å². The van der Waals surface area contributed by atoms with Gasteiger partial charge in [-0.15, -0.1) is 0 Å². The number of methoxy groups -OCH3 is 1. The summed E-state index contributed by atoms with van der Waals surface area (Å²) in [5.41, 5.74) is 0.546. The van der Waals surface area contributed by atoms with Crippen LogP contribution in [0.2, 0.25) is 0 Å². The fraction of sp³-hybridized carbons (Fsp3) is 0.276. The maximum Gasteiger partial charge on any atom is 0.335 e. The quantitative estimate of drug-likeness (QED) is 0.218. The van der Waals surface area contributed by atoms with Crippen LogP contribution in [0, 0.1) is 5.82 Å². The van der Waals surface area contributed by atoms with Crippen LogP contribution in [0.25, 0.3) is 22.0 Å². The second-order valence-electron chi connectivity index (χ2n) is 9.57.